The lowest BCUT2D eigenvalue weighted by Gasteiger charge is -2.12. The highest BCUT2D eigenvalue weighted by molar-refractivity contribution is 7.15. The van der Waals surface area contributed by atoms with Gasteiger partial charge in [0.2, 0.25) is 5.13 Å². The molecule has 1 aromatic heterocycles. The van der Waals surface area contributed by atoms with Crippen LogP contribution in [0.1, 0.15) is 21.7 Å². The first-order valence-electron chi connectivity index (χ1n) is 6.52. The largest absolute Gasteiger partial charge is 0.489 e. The Bertz CT molecular complexity index is 584. The van der Waals surface area contributed by atoms with Gasteiger partial charge in [-0.1, -0.05) is 36.1 Å². The Morgan fingerprint density at radius 1 is 1.25 bits per heavy atom. The first-order chi connectivity index (χ1) is 9.60. The van der Waals surface area contributed by atoms with Gasteiger partial charge < -0.3 is 10.5 Å². The van der Waals surface area contributed by atoms with E-state index in [4.69, 9.17) is 10.5 Å². The normalized spacial score (nSPS) is 10.5. The maximum atomic E-state index is 5.68. The van der Waals surface area contributed by atoms with E-state index in [9.17, 15) is 0 Å². The number of aryl methyl sites for hydroxylation is 4. The minimum absolute atomic E-state index is 0.528. The summed E-state index contributed by atoms with van der Waals surface area (Å²) in [5.74, 6) is 0.953. The van der Waals surface area contributed by atoms with Gasteiger partial charge in [0.1, 0.15) is 17.4 Å². The van der Waals surface area contributed by atoms with E-state index in [0.717, 1.165) is 34.7 Å². The molecule has 0 atom stereocenters. The molecule has 1 heterocycles. The predicted molar refractivity (Wildman–Crippen MR) is 83.3 cm³/mol. The van der Waals surface area contributed by atoms with E-state index in [-0.39, 0.29) is 0 Å². The van der Waals surface area contributed by atoms with E-state index in [1.807, 2.05) is 0 Å². The number of hydrogen-bond donors (Lipinski definition) is 1. The number of benzene rings is 1. The van der Waals surface area contributed by atoms with Crippen LogP contribution in [0.2, 0.25) is 0 Å². The van der Waals surface area contributed by atoms with Crippen LogP contribution in [0.4, 0.5) is 5.13 Å². The molecular formula is C15H19N3OS. The van der Waals surface area contributed by atoms with Crippen LogP contribution in [0, 0.1) is 13.8 Å². The summed E-state index contributed by atoms with van der Waals surface area (Å²) in [5, 5.41) is 9.38. The highest BCUT2D eigenvalue weighted by atomic mass is 32.1. The van der Waals surface area contributed by atoms with Gasteiger partial charge in [-0.2, -0.15) is 0 Å². The van der Waals surface area contributed by atoms with Crippen LogP contribution in [0.5, 0.6) is 5.75 Å². The zero-order valence-electron chi connectivity index (χ0n) is 11.8. The van der Waals surface area contributed by atoms with Gasteiger partial charge in [-0.25, -0.2) is 0 Å². The molecule has 0 aliphatic carbocycles. The molecule has 0 unspecified atom stereocenters. The van der Waals surface area contributed by atoms with E-state index in [1.165, 1.54) is 16.9 Å². The summed E-state index contributed by atoms with van der Waals surface area (Å²) in [5.41, 5.74) is 9.16. The van der Waals surface area contributed by atoms with Gasteiger partial charge in [-0.15, -0.1) is 10.2 Å². The topological polar surface area (TPSA) is 61.0 Å². The molecule has 0 fully saturated rings. The van der Waals surface area contributed by atoms with Crippen molar-refractivity contribution in [3.63, 3.8) is 0 Å². The number of ether oxygens (including phenoxy) is 1. The van der Waals surface area contributed by atoms with E-state index < -0.39 is 0 Å². The Balaban J connectivity index is 2.07. The molecule has 2 N–H and O–H groups in total. The molecule has 4 nitrogen and oxygen atoms in total. The van der Waals surface area contributed by atoms with Gasteiger partial charge in [0.25, 0.3) is 0 Å². The van der Waals surface area contributed by atoms with E-state index in [1.54, 1.807) is 6.08 Å². The lowest BCUT2D eigenvalue weighted by molar-refractivity contribution is 0.358. The summed E-state index contributed by atoms with van der Waals surface area (Å²) >= 11 is 1.45. The first kappa shape index (κ1) is 14.5. The fourth-order valence-electron chi connectivity index (χ4n) is 2.17. The minimum Gasteiger partial charge on any atom is -0.489 e. The molecule has 0 spiro atoms. The maximum absolute atomic E-state index is 5.68. The minimum atomic E-state index is 0.528. The third kappa shape index (κ3) is 3.57. The summed E-state index contributed by atoms with van der Waals surface area (Å²) in [7, 11) is 0. The van der Waals surface area contributed by atoms with E-state index >= 15 is 0 Å². The van der Waals surface area contributed by atoms with Gasteiger partial charge in [-0.05, 0) is 37.0 Å². The fraction of sp³-hybridized carbons (Fsp3) is 0.333. The molecule has 0 amide bonds. The van der Waals surface area contributed by atoms with Crippen LogP contribution in [0.15, 0.2) is 24.8 Å². The van der Waals surface area contributed by atoms with Crippen LogP contribution in [0.25, 0.3) is 0 Å². The predicted octanol–water partition coefficient (Wildman–Crippen LogP) is 3.09. The number of nitrogen functional groups attached to an aromatic ring is 1. The molecule has 0 aliphatic rings. The van der Waals surface area contributed by atoms with Crippen molar-refractivity contribution in [2.75, 3.05) is 12.3 Å². The molecule has 0 saturated carbocycles. The third-order valence-corrected chi connectivity index (χ3v) is 3.79. The Morgan fingerprint density at radius 3 is 2.50 bits per heavy atom. The Labute approximate surface area is 123 Å². The molecule has 5 heteroatoms. The van der Waals surface area contributed by atoms with Gasteiger partial charge in [0.05, 0.1) is 0 Å². The molecule has 0 bridgehead atoms. The molecule has 0 saturated heterocycles. The van der Waals surface area contributed by atoms with Crippen LogP contribution >= 0.6 is 11.3 Å². The maximum Gasteiger partial charge on any atom is 0.203 e. The molecule has 1 aromatic carbocycles. The summed E-state index contributed by atoms with van der Waals surface area (Å²) in [6, 6.07) is 4.33. The van der Waals surface area contributed by atoms with Crippen LogP contribution in [0.3, 0.4) is 0 Å². The molecule has 2 aromatic rings. The van der Waals surface area contributed by atoms with Crippen LogP contribution in [-0.2, 0) is 12.8 Å². The van der Waals surface area contributed by atoms with Crippen molar-refractivity contribution < 1.29 is 4.74 Å². The Morgan fingerprint density at radius 2 is 1.95 bits per heavy atom. The quantitative estimate of drug-likeness (QED) is 0.830. The van der Waals surface area contributed by atoms with Gasteiger partial charge in [0.15, 0.2) is 0 Å². The Hall–Kier alpha value is -1.88. The number of hydrogen-bond acceptors (Lipinski definition) is 5. The summed E-state index contributed by atoms with van der Waals surface area (Å²) in [4.78, 5) is 0. The first-order valence-corrected chi connectivity index (χ1v) is 7.33. The zero-order valence-corrected chi connectivity index (χ0v) is 12.7. The van der Waals surface area contributed by atoms with Crippen molar-refractivity contribution in [3.05, 3.63) is 46.5 Å². The van der Waals surface area contributed by atoms with Gasteiger partial charge in [0, 0.05) is 6.42 Å². The second-order valence-electron chi connectivity index (χ2n) is 4.69. The molecule has 20 heavy (non-hydrogen) atoms. The number of nitrogens with zero attached hydrogens (tertiary/aromatic N) is 2. The second-order valence-corrected chi connectivity index (χ2v) is 5.79. The van der Waals surface area contributed by atoms with Crippen molar-refractivity contribution in [2.45, 2.75) is 26.7 Å². The van der Waals surface area contributed by atoms with Gasteiger partial charge in [-0.3, -0.25) is 0 Å². The smallest absolute Gasteiger partial charge is 0.203 e. The second kappa shape index (κ2) is 6.52. The highest BCUT2D eigenvalue weighted by Crippen LogP contribution is 2.25. The average molecular weight is 289 g/mol. The molecule has 0 radical (unpaired) electrons. The summed E-state index contributed by atoms with van der Waals surface area (Å²) in [6.45, 7) is 8.34. The van der Waals surface area contributed by atoms with Crippen molar-refractivity contribution >= 4 is 16.5 Å². The lowest BCUT2D eigenvalue weighted by atomic mass is 10.0. The number of aromatic nitrogens is 2. The number of anilines is 1. The number of nitrogens with two attached hydrogens (primary N) is 1. The summed E-state index contributed by atoms with van der Waals surface area (Å²) in [6.07, 6.45) is 3.55. The van der Waals surface area contributed by atoms with Crippen LogP contribution in [-0.4, -0.2) is 16.8 Å². The zero-order chi connectivity index (χ0) is 14.5. The number of rotatable bonds is 6. The summed E-state index contributed by atoms with van der Waals surface area (Å²) < 4.78 is 5.68. The molecular weight excluding hydrogens is 270 g/mol. The highest BCUT2D eigenvalue weighted by Gasteiger charge is 2.07. The molecule has 106 valence electrons. The molecule has 0 aliphatic heterocycles. The third-order valence-electron chi connectivity index (χ3n) is 2.98. The van der Waals surface area contributed by atoms with Gasteiger partial charge >= 0.3 is 0 Å². The van der Waals surface area contributed by atoms with Crippen molar-refractivity contribution in [2.24, 2.45) is 0 Å². The lowest BCUT2D eigenvalue weighted by Crippen LogP contribution is -2.00. The standard InChI is InChI=1S/C15H19N3OS/c1-4-7-19-14-10(2)8-12(9-11(14)3)5-6-13-17-18-15(16)20-13/h4,8-9H,1,5-7H2,2-3H3,(H2,16,18). The molecule has 2 rings (SSSR count). The van der Waals surface area contributed by atoms with Crippen molar-refractivity contribution in [1.82, 2.24) is 10.2 Å². The van der Waals surface area contributed by atoms with Crippen LogP contribution < -0.4 is 10.5 Å². The fourth-order valence-corrected chi connectivity index (χ4v) is 2.78. The van der Waals surface area contributed by atoms with E-state index in [0.29, 0.717) is 11.7 Å². The van der Waals surface area contributed by atoms with Crippen molar-refractivity contribution in [3.8, 4) is 5.75 Å². The Kier molecular flexibility index (Phi) is 4.74. The van der Waals surface area contributed by atoms with E-state index in [2.05, 4.69) is 42.8 Å². The SMILES string of the molecule is C=CCOc1c(C)cc(CCc2nnc(N)s2)cc1C. The monoisotopic (exact) mass is 289 g/mol. The average Bonchev–Trinajstić information content (AvgIpc) is 2.81. The van der Waals surface area contributed by atoms with Crippen molar-refractivity contribution in [1.29, 1.82) is 0 Å².